The summed E-state index contributed by atoms with van der Waals surface area (Å²) in [7, 11) is 1.85. The number of piperidine rings is 1. The van der Waals surface area contributed by atoms with Crippen molar-refractivity contribution in [1.82, 2.24) is 5.32 Å². The van der Waals surface area contributed by atoms with Crippen LogP contribution < -0.4 is 10.2 Å². The zero-order valence-electron chi connectivity index (χ0n) is 10.3. The summed E-state index contributed by atoms with van der Waals surface area (Å²) < 4.78 is 0. The van der Waals surface area contributed by atoms with Crippen LogP contribution in [0.3, 0.4) is 0 Å². The molecule has 1 atom stereocenters. The van der Waals surface area contributed by atoms with Crippen LogP contribution >= 0.6 is 11.8 Å². The molecular formula is C13H18N2OS. The average molecular weight is 250 g/mol. The Morgan fingerprint density at radius 1 is 1.35 bits per heavy atom. The predicted octanol–water partition coefficient (Wildman–Crippen LogP) is 2.12. The SMILES string of the molecule is CNC1CCCN(c2ccc(SC)cc2)C1=O. The Hall–Kier alpha value is -1.00. The Morgan fingerprint density at radius 3 is 2.65 bits per heavy atom. The van der Waals surface area contributed by atoms with Crippen LogP contribution in [0, 0.1) is 0 Å². The highest BCUT2D eigenvalue weighted by Gasteiger charge is 2.28. The van der Waals surface area contributed by atoms with Crippen LogP contribution in [0.5, 0.6) is 0 Å². The third kappa shape index (κ3) is 2.64. The van der Waals surface area contributed by atoms with E-state index in [4.69, 9.17) is 0 Å². The number of carbonyl (C=O) groups excluding carboxylic acids is 1. The molecule has 0 spiro atoms. The first-order valence-corrected chi connectivity index (χ1v) is 7.11. The highest BCUT2D eigenvalue weighted by Crippen LogP contribution is 2.24. The number of nitrogens with one attached hydrogen (secondary N) is 1. The predicted molar refractivity (Wildman–Crippen MR) is 72.7 cm³/mol. The van der Waals surface area contributed by atoms with Gasteiger partial charge in [0.25, 0.3) is 0 Å². The number of carbonyl (C=O) groups is 1. The standard InChI is InChI=1S/C13H18N2OS/c1-14-12-4-3-9-15(13(12)16)10-5-7-11(17-2)8-6-10/h5-8,12,14H,3-4,9H2,1-2H3. The quantitative estimate of drug-likeness (QED) is 0.834. The van der Waals surface area contributed by atoms with E-state index in [0.29, 0.717) is 0 Å². The molecule has 1 aliphatic heterocycles. The molecule has 2 rings (SSSR count). The fourth-order valence-electron chi connectivity index (χ4n) is 2.16. The van der Waals surface area contributed by atoms with Crippen molar-refractivity contribution in [3.05, 3.63) is 24.3 Å². The molecule has 17 heavy (non-hydrogen) atoms. The molecule has 0 saturated carbocycles. The number of anilines is 1. The molecule has 3 nitrogen and oxygen atoms in total. The van der Waals surface area contributed by atoms with E-state index in [0.717, 1.165) is 25.1 Å². The fraction of sp³-hybridized carbons (Fsp3) is 0.462. The second-order valence-electron chi connectivity index (χ2n) is 4.17. The summed E-state index contributed by atoms with van der Waals surface area (Å²) in [5.74, 6) is 0.190. The molecule has 1 N–H and O–H groups in total. The summed E-state index contributed by atoms with van der Waals surface area (Å²) >= 11 is 1.71. The van der Waals surface area contributed by atoms with Crippen molar-refractivity contribution in [2.24, 2.45) is 0 Å². The molecule has 1 aliphatic rings. The minimum atomic E-state index is -0.0241. The van der Waals surface area contributed by atoms with Gasteiger partial charge >= 0.3 is 0 Å². The molecular weight excluding hydrogens is 232 g/mol. The van der Waals surface area contributed by atoms with Crippen LogP contribution in [0.4, 0.5) is 5.69 Å². The van der Waals surface area contributed by atoms with E-state index in [-0.39, 0.29) is 11.9 Å². The van der Waals surface area contributed by atoms with Crippen LogP contribution in [0.1, 0.15) is 12.8 Å². The van der Waals surface area contributed by atoms with Gasteiger partial charge in [-0.05, 0) is 50.4 Å². The van der Waals surface area contributed by atoms with Crippen LogP contribution in [0.25, 0.3) is 0 Å². The Bertz CT molecular complexity index is 391. The summed E-state index contributed by atoms with van der Waals surface area (Å²) in [6, 6.07) is 8.17. The van der Waals surface area contributed by atoms with Gasteiger partial charge < -0.3 is 10.2 Å². The first-order valence-electron chi connectivity index (χ1n) is 5.89. The van der Waals surface area contributed by atoms with Crippen LogP contribution in [0.15, 0.2) is 29.2 Å². The maximum atomic E-state index is 12.2. The van der Waals surface area contributed by atoms with E-state index in [2.05, 4.69) is 23.7 Å². The van der Waals surface area contributed by atoms with E-state index in [1.807, 2.05) is 24.1 Å². The second kappa shape index (κ2) is 5.56. The zero-order chi connectivity index (χ0) is 12.3. The Labute approximate surface area is 107 Å². The maximum Gasteiger partial charge on any atom is 0.244 e. The number of thioether (sulfide) groups is 1. The van der Waals surface area contributed by atoms with Gasteiger partial charge in [0.15, 0.2) is 0 Å². The molecule has 0 radical (unpaired) electrons. The van der Waals surface area contributed by atoms with Crippen molar-refractivity contribution in [3.63, 3.8) is 0 Å². The highest BCUT2D eigenvalue weighted by atomic mass is 32.2. The topological polar surface area (TPSA) is 32.3 Å². The number of hydrogen-bond donors (Lipinski definition) is 1. The van der Waals surface area contributed by atoms with Gasteiger partial charge in [0.2, 0.25) is 5.91 Å². The number of rotatable bonds is 3. The van der Waals surface area contributed by atoms with Crippen molar-refractivity contribution < 1.29 is 4.79 Å². The van der Waals surface area contributed by atoms with Gasteiger partial charge in [0.1, 0.15) is 0 Å². The van der Waals surface area contributed by atoms with Crippen molar-refractivity contribution >= 4 is 23.4 Å². The third-order valence-electron chi connectivity index (χ3n) is 3.17. The first kappa shape index (κ1) is 12.5. The molecule has 1 unspecified atom stereocenters. The molecule has 1 fully saturated rings. The molecule has 1 aromatic rings. The number of benzene rings is 1. The lowest BCUT2D eigenvalue weighted by molar-refractivity contribution is -0.121. The molecule has 1 aromatic carbocycles. The number of hydrogen-bond acceptors (Lipinski definition) is 3. The van der Waals surface area contributed by atoms with E-state index in [1.54, 1.807) is 11.8 Å². The second-order valence-corrected chi connectivity index (χ2v) is 5.05. The number of nitrogens with zero attached hydrogens (tertiary/aromatic N) is 1. The normalized spacial score (nSPS) is 20.7. The summed E-state index contributed by atoms with van der Waals surface area (Å²) in [5, 5.41) is 3.08. The van der Waals surface area contributed by atoms with Gasteiger partial charge in [-0.15, -0.1) is 11.8 Å². The summed E-state index contributed by atoms with van der Waals surface area (Å²) in [6.07, 6.45) is 4.05. The van der Waals surface area contributed by atoms with Crippen molar-refractivity contribution in [2.75, 3.05) is 24.7 Å². The van der Waals surface area contributed by atoms with E-state index in [1.165, 1.54) is 4.90 Å². The van der Waals surface area contributed by atoms with Crippen LogP contribution in [0.2, 0.25) is 0 Å². The third-order valence-corrected chi connectivity index (χ3v) is 3.91. The zero-order valence-corrected chi connectivity index (χ0v) is 11.1. The summed E-state index contributed by atoms with van der Waals surface area (Å²) in [5.41, 5.74) is 1.01. The molecule has 0 aromatic heterocycles. The lowest BCUT2D eigenvalue weighted by Gasteiger charge is -2.32. The van der Waals surface area contributed by atoms with Crippen molar-refractivity contribution in [3.8, 4) is 0 Å². The van der Waals surface area contributed by atoms with Gasteiger partial charge in [-0.1, -0.05) is 0 Å². The molecule has 1 heterocycles. The van der Waals surface area contributed by atoms with E-state index in [9.17, 15) is 4.79 Å². The number of likely N-dealkylation sites (N-methyl/N-ethyl adjacent to an activating group) is 1. The Kier molecular flexibility index (Phi) is 4.07. The van der Waals surface area contributed by atoms with Gasteiger partial charge in [0.05, 0.1) is 6.04 Å². The lowest BCUT2D eigenvalue weighted by Crippen LogP contribution is -2.49. The van der Waals surface area contributed by atoms with Gasteiger partial charge in [-0.2, -0.15) is 0 Å². The van der Waals surface area contributed by atoms with Crippen LogP contribution in [-0.4, -0.2) is 31.8 Å². The van der Waals surface area contributed by atoms with Crippen molar-refractivity contribution in [1.29, 1.82) is 0 Å². The smallest absolute Gasteiger partial charge is 0.244 e. The largest absolute Gasteiger partial charge is 0.311 e. The fourth-order valence-corrected chi connectivity index (χ4v) is 2.57. The van der Waals surface area contributed by atoms with E-state index < -0.39 is 0 Å². The monoisotopic (exact) mass is 250 g/mol. The first-order chi connectivity index (χ1) is 8.26. The molecule has 92 valence electrons. The van der Waals surface area contributed by atoms with Gasteiger partial charge in [-0.3, -0.25) is 4.79 Å². The highest BCUT2D eigenvalue weighted by molar-refractivity contribution is 7.98. The molecule has 4 heteroatoms. The molecule has 0 bridgehead atoms. The van der Waals surface area contributed by atoms with E-state index >= 15 is 0 Å². The summed E-state index contributed by atoms with van der Waals surface area (Å²) in [6.45, 7) is 0.829. The average Bonchev–Trinajstić information content (AvgIpc) is 2.39. The minimum Gasteiger partial charge on any atom is -0.311 e. The minimum absolute atomic E-state index is 0.0241. The molecule has 0 aliphatic carbocycles. The van der Waals surface area contributed by atoms with Crippen LogP contribution in [-0.2, 0) is 4.79 Å². The number of amides is 1. The molecule has 1 amide bonds. The van der Waals surface area contributed by atoms with Crippen molar-refractivity contribution in [2.45, 2.75) is 23.8 Å². The maximum absolute atomic E-state index is 12.2. The Balaban J connectivity index is 2.17. The summed E-state index contributed by atoms with van der Waals surface area (Å²) in [4.78, 5) is 15.3. The van der Waals surface area contributed by atoms with Gasteiger partial charge in [-0.25, -0.2) is 0 Å². The lowest BCUT2D eigenvalue weighted by atomic mass is 10.0. The van der Waals surface area contributed by atoms with Gasteiger partial charge in [0, 0.05) is 17.1 Å². The molecule has 1 saturated heterocycles. The Morgan fingerprint density at radius 2 is 2.06 bits per heavy atom.